The fourth-order valence-corrected chi connectivity index (χ4v) is 1.77. The van der Waals surface area contributed by atoms with Crippen molar-refractivity contribution in [2.75, 3.05) is 6.54 Å². The van der Waals surface area contributed by atoms with Crippen LogP contribution in [-0.4, -0.2) is 32.4 Å². The van der Waals surface area contributed by atoms with E-state index in [9.17, 15) is 18.0 Å². The molecule has 0 aromatic carbocycles. The first-order valence-electron chi connectivity index (χ1n) is 7.25. The number of hydrogen-bond donors (Lipinski definition) is 1. The summed E-state index contributed by atoms with van der Waals surface area (Å²) in [5.74, 6) is -0.221. The highest BCUT2D eigenvalue weighted by molar-refractivity contribution is 5.75. The number of pyridine rings is 1. The molecule has 1 N–H and O–H groups in total. The number of hydrogen-bond acceptors (Lipinski definition) is 4. The van der Waals surface area contributed by atoms with E-state index >= 15 is 0 Å². The summed E-state index contributed by atoms with van der Waals surface area (Å²) in [6.07, 6.45) is -2.23. The molecule has 0 fully saturated rings. The lowest BCUT2D eigenvalue weighted by Gasteiger charge is -2.18. The van der Waals surface area contributed by atoms with Gasteiger partial charge in [-0.15, -0.1) is 5.10 Å². The van der Waals surface area contributed by atoms with Crippen molar-refractivity contribution >= 4 is 5.91 Å². The fraction of sp³-hybridized carbons (Fsp3) is 0.467. The monoisotopic (exact) mass is 341 g/mol. The van der Waals surface area contributed by atoms with Crippen LogP contribution in [0, 0.1) is 5.41 Å². The Kier molecular flexibility index (Phi) is 4.91. The minimum Gasteiger partial charge on any atom is -0.354 e. The third-order valence-corrected chi connectivity index (χ3v) is 3.01. The Balaban J connectivity index is 2.01. The van der Waals surface area contributed by atoms with Gasteiger partial charge in [0, 0.05) is 12.7 Å². The predicted molar refractivity (Wildman–Crippen MR) is 80.7 cm³/mol. The first kappa shape index (κ1) is 17.9. The zero-order valence-corrected chi connectivity index (χ0v) is 13.6. The third kappa shape index (κ3) is 5.04. The number of rotatable bonds is 4. The van der Waals surface area contributed by atoms with Gasteiger partial charge in [-0.25, -0.2) is 4.68 Å². The largest absolute Gasteiger partial charge is 0.417 e. The lowest BCUT2D eigenvalue weighted by molar-refractivity contribution is -0.137. The van der Waals surface area contributed by atoms with Gasteiger partial charge in [-0.2, -0.15) is 13.2 Å². The standard InChI is InChI=1S/C15H18F3N5O/c1-14(2,3)9-20-13(24)8-23-7-12(21-22-23)11-5-4-10(6-19-11)15(16,17)18/h4-7H,8-9H2,1-3H3,(H,20,24). The second-order valence-electron chi connectivity index (χ2n) is 6.57. The van der Waals surface area contributed by atoms with Crippen LogP contribution in [0.4, 0.5) is 13.2 Å². The number of alkyl halides is 3. The summed E-state index contributed by atoms with van der Waals surface area (Å²) in [6, 6.07) is 2.15. The van der Waals surface area contributed by atoms with E-state index in [1.807, 2.05) is 20.8 Å². The van der Waals surface area contributed by atoms with Crippen molar-refractivity contribution in [3.8, 4) is 11.4 Å². The molecule has 6 nitrogen and oxygen atoms in total. The smallest absolute Gasteiger partial charge is 0.354 e. The van der Waals surface area contributed by atoms with Gasteiger partial charge < -0.3 is 5.32 Å². The molecule has 0 spiro atoms. The van der Waals surface area contributed by atoms with Gasteiger partial charge in [0.25, 0.3) is 0 Å². The van der Waals surface area contributed by atoms with Crippen LogP contribution >= 0.6 is 0 Å². The Morgan fingerprint density at radius 1 is 1.21 bits per heavy atom. The number of halogens is 3. The average molecular weight is 341 g/mol. The number of carbonyl (C=O) groups is 1. The van der Waals surface area contributed by atoms with Gasteiger partial charge in [-0.05, 0) is 17.5 Å². The minimum atomic E-state index is -4.44. The zero-order chi connectivity index (χ0) is 18.0. The Morgan fingerprint density at radius 3 is 2.46 bits per heavy atom. The van der Waals surface area contributed by atoms with Crippen molar-refractivity contribution < 1.29 is 18.0 Å². The van der Waals surface area contributed by atoms with Crippen LogP contribution in [0.2, 0.25) is 0 Å². The van der Waals surface area contributed by atoms with Gasteiger partial charge in [-0.1, -0.05) is 26.0 Å². The maximum atomic E-state index is 12.5. The molecule has 0 aliphatic carbocycles. The van der Waals surface area contributed by atoms with Crippen LogP contribution in [0.3, 0.4) is 0 Å². The van der Waals surface area contributed by atoms with Gasteiger partial charge in [-0.3, -0.25) is 9.78 Å². The second-order valence-corrected chi connectivity index (χ2v) is 6.57. The Labute approximate surface area is 137 Å². The summed E-state index contributed by atoms with van der Waals surface area (Å²) in [4.78, 5) is 15.6. The summed E-state index contributed by atoms with van der Waals surface area (Å²) in [5.41, 5.74) is -0.315. The van der Waals surface area contributed by atoms with E-state index in [-0.39, 0.29) is 23.6 Å². The maximum Gasteiger partial charge on any atom is 0.417 e. The van der Waals surface area contributed by atoms with Gasteiger partial charge in [0.2, 0.25) is 5.91 Å². The number of nitrogens with one attached hydrogen (secondary N) is 1. The van der Waals surface area contributed by atoms with Crippen molar-refractivity contribution in [3.63, 3.8) is 0 Å². The van der Waals surface area contributed by atoms with Crippen molar-refractivity contribution in [1.82, 2.24) is 25.3 Å². The summed E-state index contributed by atoms with van der Waals surface area (Å²) in [5, 5.41) is 10.4. The number of carbonyl (C=O) groups excluding carboxylic acids is 1. The van der Waals surface area contributed by atoms with E-state index in [2.05, 4.69) is 20.6 Å². The molecule has 0 aliphatic rings. The topological polar surface area (TPSA) is 72.7 Å². The molecular formula is C15H18F3N5O. The molecule has 2 rings (SSSR count). The molecule has 0 radical (unpaired) electrons. The van der Waals surface area contributed by atoms with E-state index in [0.717, 1.165) is 12.3 Å². The Morgan fingerprint density at radius 2 is 1.92 bits per heavy atom. The zero-order valence-electron chi connectivity index (χ0n) is 13.6. The highest BCUT2D eigenvalue weighted by atomic mass is 19.4. The molecule has 2 aromatic heterocycles. The lowest BCUT2D eigenvalue weighted by Crippen LogP contribution is -2.34. The van der Waals surface area contributed by atoms with Crippen LogP contribution in [0.1, 0.15) is 26.3 Å². The van der Waals surface area contributed by atoms with Crippen molar-refractivity contribution in [2.45, 2.75) is 33.5 Å². The SMILES string of the molecule is CC(C)(C)CNC(=O)Cn1cc(-c2ccc(C(F)(F)F)cn2)nn1. The molecule has 24 heavy (non-hydrogen) atoms. The first-order valence-corrected chi connectivity index (χ1v) is 7.25. The Bertz CT molecular complexity index is 701. The molecule has 2 heterocycles. The van der Waals surface area contributed by atoms with E-state index in [1.54, 1.807) is 0 Å². The second kappa shape index (κ2) is 6.58. The number of amides is 1. The summed E-state index contributed by atoms with van der Waals surface area (Å²) >= 11 is 0. The molecule has 2 aromatic rings. The van der Waals surface area contributed by atoms with Crippen LogP contribution < -0.4 is 5.32 Å². The van der Waals surface area contributed by atoms with Crippen molar-refractivity contribution in [2.24, 2.45) is 5.41 Å². The van der Waals surface area contributed by atoms with Crippen LogP contribution in [-0.2, 0) is 17.5 Å². The number of aromatic nitrogens is 4. The van der Waals surface area contributed by atoms with Crippen LogP contribution in [0.15, 0.2) is 24.5 Å². The number of nitrogens with zero attached hydrogens (tertiary/aromatic N) is 4. The summed E-state index contributed by atoms with van der Waals surface area (Å²) in [7, 11) is 0. The van der Waals surface area contributed by atoms with Crippen molar-refractivity contribution in [1.29, 1.82) is 0 Å². The molecular weight excluding hydrogens is 323 g/mol. The quantitative estimate of drug-likeness (QED) is 0.927. The molecule has 0 saturated heterocycles. The van der Waals surface area contributed by atoms with Gasteiger partial charge in [0.05, 0.1) is 17.5 Å². The molecule has 0 bridgehead atoms. The van der Waals surface area contributed by atoms with Crippen LogP contribution in [0.5, 0.6) is 0 Å². The Hall–Kier alpha value is -2.45. The summed E-state index contributed by atoms with van der Waals surface area (Å²) in [6.45, 7) is 6.49. The molecule has 9 heteroatoms. The lowest BCUT2D eigenvalue weighted by atomic mass is 9.97. The minimum absolute atomic E-state index is 0.0241. The normalized spacial score (nSPS) is 12.2. The fourth-order valence-electron chi connectivity index (χ4n) is 1.77. The summed E-state index contributed by atoms with van der Waals surface area (Å²) < 4.78 is 38.8. The predicted octanol–water partition coefficient (Wildman–Crippen LogP) is 2.52. The maximum absolute atomic E-state index is 12.5. The molecule has 0 unspecified atom stereocenters. The molecule has 0 saturated carbocycles. The molecule has 1 amide bonds. The molecule has 130 valence electrons. The third-order valence-electron chi connectivity index (χ3n) is 3.01. The van der Waals surface area contributed by atoms with E-state index in [4.69, 9.17) is 0 Å². The van der Waals surface area contributed by atoms with E-state index < -0.39 is 11.7 Å². The molecule has 0 aliphatic heterocycles. The highest BCUT2D eigenvalue weighted by Gasteiger charge is 2.30. The molecule has 0 atom stereocenters. The van der Waals surface area contributed by atoms with E-state index in [1.165, 1.54) is 16.9 Å². The van der Waals surface area contributed by atoms with Crippen LogP contribution in [0.25, 0.3) is 11.4 Å². The van der Waals surface area contributed by atoms with Gasteiger partial charge in [0.1, 0.15) is 12.2 Å². The van der Waals surface area contributed by atoms with Gasteiger partial charge >= 0.3 is 6.18 Å². The highest BCUT2D eigenvalue weighted by Crippen LogP contribution is 2.29. The van der Waals surface area contributed by atoms with E-state index in [0.29, 0.717) is 12.2 Å². The van der Waals surface area contributed by atoms with Crippen molar-refractivity contribution in [3.05, 3.63) is 30.1 Å². The average Bonchev–Trinajstić information content (AvgIpc) is 2.92. The first-order chi connectivity index (χ1) is 11.0. The van der Waals surface area contributed by atoms with Gasteiger partial charge in [0.15, 0.2) is 0 Å².